The molecule has 0 aliphatic carbocycles. The van der Waals surface area contributed by atoms with Crippen molar-refractivity contribution in [1.29, 1.82) is 0 Å². The smallest absolute Gasteiger partial charge is 0.220 e. The van der Waals surface area contributed by atoms with E-state index in [4.69, 9.17) is 4.74 Å². The molecule has 3 rings (SSSR count). The van der Waals surface area contributed by atoms with E-state index in [-0.39, 0.29) is 5.91 Å². The average Bonchev–Trinajstić information content (AvgIpc) is 2.67. The summed E-state index contributed by atoms with van der Waals surface area (Å²) >= 11 is 0. The van der Waals surface area contributed by atoms with E-state index in [2.05, 4.69) is 34.5 Å². The second-order valence-electron chi connectivity index (χ2n) is 6.43. The number of hydrogen-bond acceptors (Lipinski definition) is 3. The van der Waals surface area contributed by atoms with Crippen LogP contribution in [0.5, 0.6) is 5.75 Å². The highest BCUT2D eigenvalue weighted by molar-refractivity contribution is 5.76. The van der Waals surface area contributed by atoms with Crippen molar-refractivity contribution in [2.24, 2.45) is 0 Å². The van der Waals surface area contributed by atoms with Gasteiger partial charge < -0.3 is 15.0 Å². The second-order valence-corrected chi connectivity index (χ2v) is 6.43. The molecule has 1 aliphatic heterocycles. The van der Waals surface area contributed by atoms with Gasteiger partial charge in [0.15, 0.2) is 0 Å². The normalized spacial score (nSPS) is 15.0. The SMILES string of the molecule is O=C(CCCOc1ccccc1)NC1CCN(c2ccccc2)CC1. The minimum Gasteiger partial charge on any atom is -0.494 e. The van der Waals surface area contributed by atoms with Crippen LogP contribution in [0, 0.1) is 0 Å². The number of carbonyl (C=O) groups excluding carboxylic acids is 1. The van der Waals surface area contributed by atoms with Gasteiger partial charge in [-0.2, -0.15) is 0 Å². The molecule has 1 N–H and O–H groups in total. The van der Waals surface area contributed by atoms with Gasteiger partial charge in [-0.05, 0) is 43.5 Å². The number of nitrogens with zero attached hydrogens (tertiary/aromatic N) is 1. The second kappa shape index (κ2) is 9.11. The molecule has 0 spiro atoms. The predicted octanol–water partition coefficient (Wildman–Crippen LogP) is 3.63. The van der Waals surface area contributed by atoms with Gasteiger partial charge in [-0.25, -0.2) is 0 Å². The van der Waals surface area contributed by atoms with Crippen LogP contribution in [-0.2, 0) is 4.79 Å². The van der Waals surface area contributed by atoms with Gasteiger partial charge in [0.25, 0.3) is 0 Å². The van der Waals surface area contributed by atoms with Gasteiger partial charge in [0.2, 0.25) is 5.91 Å². The monoisotopic (exact) mass is 338 g/mol. The fourth-order valence-electron chi connectivity index (χ4n) is 3.16. The predicted molar refractivity (Wildman–Crippen MR) is 101 cm³/mol. The maximum Gasteiger partial charge on any atom is 0.220 e. The summed E-state index contributed by atoms with van der Waals surface area (Å²) in [5, 5.41) is 3.17. The Morgan fingerprint density at radius 1 is 1.00 bits per heavy atom. The zero-order valence-electron chi connectivity index (χ0n) is 14.6. The largest absolute Gasteiger partial charge is 0.494 e. The van der Waals surface area contributed by atoms with Crippen molar-refractivity contribution >= 4 is 11.6 Å². The van der Waals surface area contributed by atoms with Gasteiger partial charge in [-0.15, -0.1) is 0 Å². The van der Waals surface area contributed by atoms with Crippen LogP contribution in [-0.4, -0.2) is 31.6 Å². The number of rotatable bonds is 7. The van der Waals surface area contributed by atoms with Crippen LogP contribution in [0.25, 0.3) is 0 Å². The lowest BCUT2D eigenvalue weighted by Gasteiger charge is -2.34. The molecule has 2 aromatic rings. The van der Waals surface area contributed by atoms with Crippen molar-refractivity contribution in [3.05, 3.63) is 60.7 Å². The third-order valence-corrected chi connectivity index (χ3v) is 4.54. The number of para-hydroxylation sites is 2. The van der Waals surface area contributed by atoms with Crippen molar-refractivity contribution in [3.63, 3.8) is 0 Å². The van der Waals surface area contributed by atoms with E-state index in [1.54, 1.807) is 0 Å². The first-order valence-electron chi connectivity index (χ1n) is 9.08. The van der Waals surface area contributed by atoms with Crippen LogP contribution < -0.4 is 15.0 Å². The Kier molecular flexibility index (Phi) is 6.32. The summed E-state index contributed by atoms with van der Waals surface area (Å²) in [5.74, 6) is 0.992. The van der Waals surface area contributed by atoms with Gasteiger partial charge >= 0.3 is 0 Å². The highest BCUT2D eigenvalue weighted by Crippen LogP contribution is 2.19. The topological polar surface area (TPSA) is 41.6 Å². The van der Waals surface area contributed by atoms with E-state index in [0.717, 1.165) is 38.1 Å². The molecule has 0 atom stereocenters. The lowest BCUT2D eigenvalue weighted by molar-refractivity contribution is -0.122. The molecule has 1 fully saturated rings. The van der Waals surface area contributed by atoms with Gasteiger partial charge in [0.1, 0.15) is 5.75 Å². The Labute approximate surface area is 149 Å². The average molecular weight is 338 g/mol. The van der Waals surface area contributed by atoms with Crippen molar-refractivity contribution in [3.8, 4) is 5.75 Å². The fourth-order valence-corrected chi connectivity index (χ4v) is 3.16. The zero-order valence-corrected chi connectivity index (χ0v) is 14.6. The molecule has 0 radical (unpaired) electrons. The maximum absolute atomic E-state index is 12.1. The summed E-state index contributed by atoms with van der Waals surface area (Å²) in [5.41, 5.74) is 1.27. The van der Waals surface area contributed by atoms with E-state index in [9.17, 15) is 4.79 Å². The molecule has 1 amide bonds. The third-order valence-electron chi connectivity index (χ3n) is 4.54. The molecule has 4 nitrogen and oxygen atoms in total. The van der Waals surface area contributed by atoms with Crippen molar-refractivity contribution < 1.29 is 9.53 Å². The number of nitrogens with one attached hydrogen (secondary N) is 1. The molecule has 1 heterocycles. The van der Waals surface area contributed by atoms with Crippen molar-refractivity contribution in [1.82, 2.24) is 5.32 Å². The molecule has 0 aromatic heterocycles. The van der Waals surface area contributed by atoms with Crippen molar-refractivity contribution in [2.75, 3.05) is 24.6 Å². The van der Waals surface area contributed by atoms with Crippen LogP contribution in [0.1, 0.15) is 25.7 Å². The maximum atomic E-state index is 12.1. The highest BCUT2D eigenvalue weighted by atomic mass is 16.5. The number of hydrogen-bond donors (Lipinski definition) is 1. The molecular formula is C21H26N2O2. The molecule has 1 saturated heterocycles. The quantitative estimate of drug-likeness (QED) is 0.784. The lowest BCUT2D eigenvalue weighted by Crippen LogP contribution is -2.44. The molecule has 0 unspecified atom stereocenters. The Balaban J connectivity index is 1.31. The number of piperidine rings is 1. The van der Waals surface area contributed by atoms with E-state index in [1.807, 2.05) is 36.4 Å². The van der Waals surface area contributed by atoms with Gasteiger partial charge in [-0.1, -0.05) is 36.4 Å². The van der Waals surface area contributed by atoms with Crippen molar-refractivity contribution in [2.45, 2.75) is 31.7 Å². The Morgan fingerprint density at radius 2 is 1.64 bits per heavy atom. The summed E-state index contributed by atoms with van der Waals surface area (Å²) in [6.07, 6.45) is 3.26. The van der Waals surface area contributed by atoms with Crippen LogP contribution in [0.4, 0.5) is 5.69 Å². The number of benzene rings is 2. The first-order chi connectivity index (χ1) is 12.3. The number of amides is 1. The Hall–Kier alpha value is -2.49. The minimum absolute atomic E-state index is 0.134. The minimum atomic E-state index is 0.134. The van der Waals surface area contributed by atoms with Crippen LogP contribution >= 0.6 is 0 Å². The Bertz CT molecular complexity index is 637. The van der Waals surface area contributed by atoms with Crippen LogP contribution in [0.15, 0.2) is 60.7 Å². The zero-order chi connectivity index (χ0) is 17.3. The van der Waals surface area contributed by atoms with E-state index < -0.39 is 0 Å². The van der Waals surface area contributed by atoms with E-state index in [1.165, 1.54) is 5.69 Å². The first kappa shape index (κ1) is 17.3. The number of carbonyl (C=O) groups is 1. The number of ether oxygens (including phenoxy) is 1. The molecule has 4 heteroatoms. The molecule has 25 heavy (non-hydrogen) atoms. The lowest BCUT2D eigenvalue weighted by atomic mass is 10.0. The Morgan fingerprint density at radius 3 is 2.32 bits per heavy atom. The summed E-state index contributed by atoms with van der Waals surface area (Å²) in [6, 6.07) is 20.5. The summed E-state index contributed by atoms with van der Waals surface area (Å²) in [6.45, 7) is 2.56. The van der Waals surface area contributed by atoms with E-state index >= 15 is 0 Å². The van der Waals surface area contributed by atoms with Crippen LogP contribution in [0.3, 0.4) is 0 Å². The molecular weight excluding hydrogens is 312 g/mol. The summed E-state index contributed by atoms with van der Waals surface area (Å²) in [7, 11) is 0. The van der Waals surface area contributed by atoms with Gasteiger partial charge in [0, 0.05) is 31.2 Å². The fraction of sp³-hybridized carbons (Fsp3) is 0.381. The third kappa shape index (κ3) is 5.52. The van der Waals surface area contributed by atoms with E-state index in [0.29, 0.717) is 19.1 Å². The molecule has 0 bridgehead atoms. The molecule has 2 aromatic carbocycles. The molecule has 0 saturated carbocycles. The standard InChI is InChI=1S/C21H26N2O2/c24-21(12-7-17-25-20-10-5-2-6-11-20)22-18-13-15-23(16-14-18)19-8-3-1-4-9-19/h1-6,8-11,18H,7,12-17H2,(H,22,24). The number of anilines is 1. The first-order valence-corrected chi connectivity index (χ1v) is 9.08. The van der Waals surface area contributed by atoms with Gasteiger partial charge in [0.05, 0.1) is 6.61 Å². The van der Waals surface area contributed by atoms with Gasteiger partial charge in [-0.3, -0.25) is 4.79 Å². The molecule has 132 valence electrons. The highest BCUT2D eigenvalue weighted by Gasteiger charge is 2.20. The summed E-state index contributed by atoms with van der Waals surface area (Å²) < 4.78 is 5.62. The van der Waals surface area contributed by atoms with Crippen LogP contribution in [0.2, 0.25) is 0 Å². The molecule has 1 aliphatic rings. The summed E-state index contributed by atoms with van der Waals surface area (Å²) in [4.78, 5) is 14.5.